The van der Waals surface area contributed by atoms with E-state index in [9.17, 15) is 9.18 Å². The van der Waals surface area contributed by atoms with Gasteiger partial charge in [-0.1, -0.05) is 6.07 Å². The van der Waals surface area contributed by atoms with Gasteiger partial charge in [0.05, 0.1) is 18.3 Å². The van der Waals surface area contributed by atoms with E-state index in [1.165, 1.54) is 12.3 Å². The molecule has 154 valence electrons. The predicted octanol–water partition coefficient (Wildman–Crippen LogP) is 3.52. The number of H-pyrrole nitrogens is 2. The lowest BCUT2D eigenvalue weighted by Gasteiger charge is -2.15. The first-order valence-corrected chi connectivity index (χ1v) is 9.95. The van der Waals surface area contributed by atoms with E-state index in [1.807, 2.05) is 6.07 Å². The van der Waals surface area contributed by atoms with E-state index in [0.717, 1.165) is 12.8 Å². The van der Waals surface area contributed by atoms with Crippen LogP contribution in [0.3, 0.4) is 0 Å². The van der Waals surface area contributed by atoms with Gasteiger partial charge in [-0.25, -0.2) is 9.37 Å². The molecule has 0 amide bonds. The molecule has 0 aliphatic heterocycles. The lowest BCUT2D eigenvalue weighted by Crippen LogP contribution is -2.14. The number of nitrogens with one attached hydrogen (secondary N) is 2. The van der Waals surface area contributed by atoms with E-state index in [1.54, 1.807) is 18.5 Å². The maximum Gasteiger partial charge on any atom is 0.272 e. The molecule has 3 heterocycles. The van der Waals surface area contributed by atoms with E-state index < -0.39 is 11.4 Å². The highest BCUT2D eigenvalue weighted by molar-refractivity contribution is 6.14. The van der Waals surface area contributed by atoms with Gasteiger partial charge in [0.15, 0.2) is 0 Å². The van der Waals surface area contributed by atoms with Crippen LogP contribution in [0.2, 0.25) is 0 Å². The first-order valence-electron chi connectivity index (χ1n) is 9.95. The van der Waals surface area contributed by atoms with Crippen LogP contribution in [0.15, 0.2) is 41.6 Å². The molecular formula is C22H17FN6O2. The molecule has 8 nitrogen and oxygen atoms in total. The Morgan fingerprint density at radius 1 is 1.13 bits per heavy atom. The molecule has 5 aromatic rings. The fourth-order valence-corrected chi connectivity index (χ4v) is 3.98. The van der Waals surface area contributed by atoms with Crippen LogP contribution >= 0.6 is 0 Å². The topological polar surface area (TPSA) is 123 Å². The Morgan fingerprint density at radius 2 is 1.94 bits per heavy atom. The molecule has 0 radical (unpaired) electrons. The minimum absolute atomic E-state index is 0.0259. The Morgan fingerprint density at radius 3 is 2.74 bits per heavy atom. The molecule has 6 rings (SSSR count). The summed E-state index contributed by atoms with van der Waals surface area (Å²) in [5, 5.41) is 7.80. The molecule has 4 N–H and O–H groups in total. The summed E-state index contributed by atoms with van der Waals surface area (Å²) >= 11 is 0. The van der Waals surface area contributed by atoms with Gasteiger partial charge in [0.25, 0.3) is 5.56 Å². The van der Waals surface area contributed by atoms with Crippen LogP contribution in [0.1, 0.15) is 12.8 Å². The van der Waals surface area contributed by atoms with Crippen LogP contribution in [-0.4, -0.2) is 31.8 Å². The molecular weight excluding hydrogens is 399 g/mol. The Balaban J connectivity index is 1.72. The van der Waals surface area contributed by atoms with Crippen molar-refractivity contribution in [2.75, 3.05) is 12.3 Å². The van der Waals surface area contributed by atoms with Gasteiger partial charge < -0.3 is 15.5 Å². The zero-order valence-electron chi connectivity index (χ0n) is 16.3. The van der Waals surface area contributed by atoms with Crippen molar-refractivity contribution >= 4 is 38.5 Å². The highest BCUT2D eigenvalue weighted by Gasteiger charge is 2.24. The van der Waals surface area contributed by atoms with Gasteiger partial charge in [-0.05, 0) is 36.5 Å². The quantitative estimate of drug-likeness (QED) is 0.385. The Hall–Kier alpha value is -4.01. The third-order valence-corrected chi connectivity index (χ3v) is 5.74. The number of fused-ring (bicyclic) bond motifs is 4. The SMILES string of the molecule is Nc1c(-c2ccc(F)c3[nH]ncc23)c2cc(OCC3CC3)c3nccnc3c2[nH]c1=O. The molecule has 0 bridgehead atoms. The highest BCUT2D eigenvalue weighted by atomic mass is 19.1. The van der Waals surface area contributed by atoms with E-state index in [0.29, 0.717) is 56.7 Å². The summed E-state index contributed by atoms with van der Waals surface area (Å²) in [6.45, 7) is 0.591. The van der Waals surface area contributed by atoms with Gasteiger partial charge in [-0.3, -0.25) is 14.9 Å². The standard InChI is InChI=1S/C22H17FN6O2/c23-14-4-3-11(13-8-27-29-18(13)14)16-12-7-15(31-9-10-1-2-10)20-21(26-6-5-25-20)19(12)28-22(30)17(16)24/h3-8,10H,1-2,9,24H2,(H,27,29)(H,28,30). The van der Waals surface area contributed by atoms with Crippen LogP contribution < -0.4 is 16.0 Å². The average molecular weight is 416 g/mol. The van der Waals surface area contributed by atoms with Gasteiger partial charge in [-0.2, -0.15) is 5.10 Å². The van der Waals surface area contributed by atoms with E-state index in [4.69, 9.17) is 10.5 Å². The Labute approximate surface area is 174 Å². The monoisotopic (exact) mass is 416 g/mol. The van der Waals surface area contributed by atoms with Crippen molar-refractivity contribution in [1.29, 1.82) is 0 Å². The van der Waals surface area contributed by atoms with Gasteiger partial charge in [0.1, 0.15) is 33.8 Å². The molecule has 0 saturated heterocycles. The van der Waals surface area contributed by atoms with Crippen LogP contribution in [0.4, 0.5) is 10.1 Å². The minimum Gasteiger partial charge on any atom is -0.491 e. The number of aromatic amines is 2. The van der Waals surface area contributed by atoms with Crippen molar-refractivity contribution in [3.8, 4) is 16.9 Å². The summed E-state index contributed by atoms with van der Waals surface area (Å²) in [4.78, 5) is 24.5. The fraction of sp³-hybridized carbons (Fsp3) is 0.182. The molecule has 0 atom stereocenters. The maximum absolute atomic E-state index is 14.3. The second-order valence-corrected chi connectivity index (χ2v) is 7.80. The van der Waals surface area contributed by atoms with Gasteiger partial charge in [0.2, 0.25) is 0 Å². The number of hydrogen-bond donors (Lipinski definition) is 3. The number of benzene rings is 2. The molecule has 3 aromatic heterocycles. The van der Waals surface area contributed by atoms with Crippen LogP contribution in [0.5, 0.6) is 5.75 Å². The maximum atomic E-state index is 14.3. The minimum atomic E-state index is -0.456. The van der Waals surface area contributed by atoms with Crippen LogP contribution in [0.25, 0.3) is 44.0 Å². The fourth-order valence-electron chi connectivity index (χ4n) is 3.98. The highest BCUT2D eigenvalue weighted by Crippen LogP contribution is 2.40. The van der Waals surface area contributed by atoms with E-state index in [2.05, 4.69) is 25.1 Å². The summed E-state index contributed by atoms with van der Waals surface area (Å²) in [7, 11) is 0. The van der Waals surface area contributed by atoms with E-state index >= 15 is 0 Å². The number of nitrogens with zero attached hydrogens (tertiary/aromatic N) is 3. The zero-order valence-corrected chi connectivity index (χ0v) is 16.3. The normalized spacial score (nSPS) is 14.0. The zero-order chi connectivity index (χ0) is 21.1. The molecule has 0 unspecified atom stereocenters. The van der Waals surface area contributed by atoms with Gasteiger partial charge >= 0.3 is 0 Å². The predicted molar refractivity (Wildman–Crippen MR) is 115 cm³/mol. The molecule has 1 aliphatic carbocycles. The third kappa shape index (κ3) is 2.73. The summed E-state index contributed by atoms with van der Waals surface area (Å²) in [6.07, 6.45) is 6.97. The number of rotatable bonds is 4. The molecule has 0 spiro atoms. The second-order valence-electron chi connectivity index (χ2n) is 7.80. The number of nitrogens with two attached hydrogens (primary N) is 1. The second kappa shape index (κ2) is 6.49. The van der Waals surface area contributed by atoms with Crippen molar-refractivity contribution in [1.82, 2.24) is 25.1 Å². The molecule has 9 heteroatoms. The summed E-state index contributed by atoms with van der Waals surface area (Å²) in [5.74, 6) is 0.680. The number of aromatic nitrogens is 5. The number of hydrogen-bond acceptors (Lipinski definition) is 6. The van der Waals surface area contributed by atoms with Gasteiger partial charge in [-0.15, -0.1) is 0 Å². The number of anilines is 1. The molecule has 1 aliphatic rings. The van der Waals surface area contributed by atoms with Crippen LogP contribution in [0, 0.1) is 11.7 Å². The summed E-state index contributed by atoms with van der Waals surface area (Å²) in [5.41, 5.74) is 8.72. The van der Waals surface area contributed by atoms with Crippen molar-refractivity contribution in [3.63, 3.8) is 0 Å². The molecule has 31 heavy (non-hydrogen) atoms. The average Bonchev–Trinajstić information content (AvgIpc) is 3.47. The van der Waals surface area contributed by atoms with Crippen molar-refractivity contribution in [2.45, 2.75) is 12.8 Å². The number of ether oxygens (including phenoxy) is 1. The van der Waals surface area contributed by atoms with Crippen LogP contribution in [-0.2, 0) is 0 Å². The molecule has 2 aromatic carbocycles. The van der Waals surface area contributed by atoms with Crippen molar-refractivity contribution in [3.05, 3.63) is 53.0 Å². The Kier molecular flexibility index (Phi) is 3.73. The van der Waals surface area contributed by atoms with Crippen molar-refractivity contribution < 1.29 is 9.13 Å². The third-order valence-electron chi connectivity index (χ3n) is 5.74. The first-order chi connectivity index (χ1) is 15.1. The molecule has 1 fully saturated rings. The van der Waals surface area contributed by atoms with Crippen molar-refractivity contribution in [2.24, 2.45) is 5.92 Å². The first kappa shape index (κ1) is 17.8. The van der Waals surface area contributed by atoms with E-state index in [-0.39, 0.29) is 11.2 Å². The largest absolute Gasteiger partial charge is 0.491 e. The smallest absolute Gasteiger partial charge is 0.272 e. The lowest BCUT2D eigenvalue weighted by atomic mass is 9.96. The number of pyridine rings is 1. The number of halogens is 1. The molecule has 1 saturated carbocycles. The Bertz CT molecular complexity index is 1550. The summed E-state index contributed by atoms with van der Waals surface area (Å²) in [6, 6.07) is 4.75. The lowest BCUT2D eigenvalue weighted by molar-refractivity contribution is 0.303. The van der Waals surface area contributed by atoms with Gasteiger partial charge in [0, 0.05) is 28.7 Å². The number of nitrogen functional groups attached to an aromatic ring is 1. The summed E-state index contributed by atoms with van der Waals surface area (Å²) < 4.78 is 20.3.